The molecule has 1 atom stereocenters. The summed E-state index contributed by atoms with van der Waals surface area (Å²) in [7, 11) is 0. The Bertz CT molecular complexity index is 1050. The number of rotatable bonds is 7. The number of amides is 1. The fourth-order valence-electron chi connectivity index (χ4n) is 2.60. The molecule has 1 unspecified atom stereocenters. The van der Waals surface area contributed by atoms with E-state index in [0.29, 0.717) is 11.3 Å². The summed E-state index contributed by atoms with van der Waals surface area (Å²) < 4.78 is 33.2. The first-order valence-corrected chi connectivity index (χ1v) is 8.95. The monoisotopic (exact) mass is 399 g/mol. The second-order valence-corrected chi connectivity index (χ2v) is 6.29. The Hall–Kier alpha value is -3.55. The van der Waals surface area contributed by atoms with Gasteiger partial charge in [0.1, 0.15) is 5.82 Å². The van der Waals surface area contributed by atoms with E-state index in [-0.39, 0.29) is 30.2 Å². The van der Waals surface area contributed by atoms with Gasteiger partial charge in [-0.25, -0.2) is 13.8 Å². The van der Waals surface area contributed by atoms with E-state index >= 15 is 0 Å². The predicted molar refractivity (Wildman–Crippen MR) is 103 cm³/mol. The van der Waals surface area contributed by atoms with Crippen LogP contribution in [0.5, 0.6) is 5.75 Å². The number of nitrogens with zero attached hydrogens (tertiary/aromatic N) is 2. The van der Waals surface area contributed by atoms with E-state index in [1.54, 1.807) is 18.2 Å². The molecule has 3 rings (SSSR count). The third kappa shape index (κ3) is 5.25. The topological polar surface area (TPSA) is 73.2 Å². The lowest BCUT2D eigenvalue weighted by Gasteiger charge is -2.15. The highest BCUT2D eigenvalue weighted by Gasteiger charge is 2.16. The smallest absolute Gasteiger partial charge is 0.260 e. The maximum Gasteiger partial charge on any atom is 0.260 e. The van der Waals surface area contributed by atoms with Gasteiger partial charge >= 0.3 is 0 Å². The summed E-state index contributed by atoms with van der Waals surface area (Å²) in [4.78, 5) is 28.5. The van der Waals surface area contributed by atoms with Crippen molar-refractivity contribution in [1.82, 2.24) is 14.9 Å². The zero-order valence-electron chi connectivity index (χ0n) is 15.6. The van der Waals surface area contributed by atoms with Gasteiger partial charge in [0, 0.05) is 24.7 Å². The van der Waals surface area contributed by atoms with Crippen LogP contribution in [-0.2, 0) is 11.3 Å². The second-order valence-electron chi connectivity index (χ2n) is 6.29. The second kappa shape index (κ2) is 9.09. The third-order valence-corrected chi connectivity index (χ3v) is 4.18. The zero-order chi connectivity index (χ0) is 20.8. The first kappa shape index (κ1) is 20.2. The first-order valence-electron chi connectivity index (χ1n) is 8.95. The highest BCUT2D eigenvalue weighted by molar-refractivity contribution is 5.80. The lowest BCUT2D eigenvalue weighted by atomic mass is 10.1. The molecule has 8 heteroatoms. The molecule has 2 aromatic carbocycles. The normalized spacial score (nSPS) is 11.7. The molecule has 0 fully saturated rings. The quantitative estimate of drug-likeness (QED) is 0.663. The number of ether oxygens (including phenoxy) is 1. The van der Waals surface area contributed by atoms with Crippen LogP contribution in [0.15, 0.2) is 65.7 Å². The number of para-hydroxylation sites is 1. The van der Waals surface area contributed by atoms with E-state index in [0.717, 1.165) is 0 Å². The van der Waals surface area contributed by atoms with E-state index in [1.807, 2.05) is 0 Å². The van der Waals surface area contributed by atoms with Gasteiger partial charge in [-0.2, -0.15) is 0 Å². The Morgan fingerprint density at radius 2 is 1.90 bits per heavy atom. The minimum absolute atomic E-state index is 0.00745. The molecule has 1 heterocycles. The van der Waals surface area contributed by atoms with Crippen LogP contribution < -0.4 is 15.6 Å². The van der Waals surface area contributed by atoms with E-state index in [4.69, 9.17) is 4.74 Å². The maximum atomic E-state index is 13.6. The number of hydrogen-bond donors (Lipinski definition) is 1. The molecule has 0 aliphatic rings. The van der Waals surface area contributed by atoms with Gasteiger partial charge in [0.25, 0.3) is 11.5 Å². The minimum Gasteiger partial charge on any atom is -0.478 e. The van der Waals surface area contributed by atoms with Gasteiger partial charge in [-0.05, 0) is 43.3 Å². The van der Waals surface area contributed by atoms with E-state index < -0.39 is 17.8 Å². The number of carbonyl (C=O) groups is 1. The van der Waals surface area contributed by atoms with Crippen molar-refractivity contribution in [2.45, 2.75) is 19.6 Å². The first-order chi connectivity index (χ1) is 13.9. The van der Waals surface area contributed by atoms with Gasteiger partial charge in [0.15, 0.2) is 17.7 Å². The lowest BCUT2D eigenvalue weighted by molar-refractivity contribution is -0.127. The molecule has 1 N–H and O–H groups in total. The van der Waals surface area contributed by atoms with Gasteiger partial charge in [0.2, 0.25) is 0 Å². The van der Waals surface area contributed by atoms with Crippen LogP contribution in [0.2, 0.25) is 0 Å². The highest BCUT2D eigenvalue weighted by atomic mass is 19.1. The molecule has 1 aromatic heterocycles. The van der Waals surface area contributed by atoms with Crippen molar-refractivity contribution < 1.29 is 18.3 Å². The molecule has 3 aromatic rings. The van der Waals surface area contributed by atoms with Crippen molar-refractivity contribution in [3.05, 3.63) is 82.9 Å². The summed E-state index contributed by atoms with van der Waals surface area (Å²) in [5, 5.41) is 2.63. The van der Waals surface area contributed by atoms with Crippen LogP contribution in [-0.4, -0.2) is 28.1 Å². The van der Waals surface area contributed by atoms with Crippen molar-refractivity contribution >= 4 is 5.91 Å². The standard InChI is InChI=1S/C21H19F2N3O3/c1-14(29-19-5-3-2-4-17(19)23)21(28)24-10-11-26-13-25-18(12-20(26)27)15-6-8-16(22)9-7-15/h2-9,12-14H,10-11H2,1H3,(H,24,28). The summed E-state index contributed by atoms with van der Waals surface area (Å²) in [6, 6.07) is 12.8. The van der Waals surface area contributed by atoms with Crippen LogP contribution in [0, 0.1) is 11.6 Å². The Labute approximate surface area is 165 Å². The lowest BCUT2D eigenvalue weighted by Crippen LogP contribution is -2.39. The molecule has 6 nitrogen and oxygen atoms in total. The Balaban J connectivity index is 1.54. The Kier molecular flexibility index (Phi) is 6.33. The third-order valence-electron chi connectivity index (χ3n) is 4.18. The van der Waals surface area contributed by atoms with E-state index in [1.165, 1.54) is 54.2 Å². The van der Waals surface area contributed by atoms with Gasteiger partial charge in [-0.1, -0.05) is 12.1 Å². The number of hydrogen-bond acceptors (Lipinski definition) is 4. The summed E-state index contributed by atoms with van der Waals surface area (Å²) in [5.74, 6) is -1.36. The SMILES string of the molecule is CC(Oc1ccccc1F)C(=O)NCCn1cnc(-c2ccc(F)cc2)cc1=O. The zero-order valence-corrected chi connectivity index (χ0v) is 15.6. The van der Waals surface area contributed by atoms with Crippen molar-refractivity contribution in [3.63, 3.8) is 0 Å². The molecule has 0 aliphatic carbocycles. The number of aromatic nitrogens is 2. The Morgan fingerprint density at radius 1 is 1.17 bits per heavy atom. The van der Waals surface area contributed by atoms with Crippen molar-refractivity contribution in [1.29, 1.82) is 0 Å². The minimum atomic E-state index is -0.900. The molecule has 29 heavy (non-hydrogen) atoms. The van der Waals surface area contributed by atoms with Crippen LogP contribution in [0.3, 0.4) is 0 Å². The van der Waals surface area contributed by atoms with Gasteiger partial charge in [-0.3, -0.25) is 14.2 Å². The van der Waals surface area contributed by atoms with Crippen LogP contribution in [0.1, 0.15) is 6.92 Å². The van der Waals surface area contributed by atoms with Crippen LogP contribution in [0.25, 0.3) is 11.3 Å². The number of benzene rings is 2. The van der Waals surface area contributed by atoms with E-state index in [9.17, 15) is 18.4 Å². The largest absolute Gasteiger partial charge is 0.478 e. The number of halogens is 2. The van der Waals surface area contributed by atoms with Crippen molar-refractivity contribution in [2.75, 3.05) is 6.54 Å². The molecule has 0 bridgehead atoms. The number of nitrogens with one attached hydrogen (secondary N) is 1. The number of carbonyl (C=O) groups excluding carboxylic acids is 1. The van der Waals surface area contributed by atoms with Crippen molar-refractivity contribution in [2.24, 2.45) is 0 Å². The maximum absolute atomic E-state index is 13.6. The molecule has 0 radical (unpaired) electrons. The summed E-state index contributed by atoms with van der Waals surface area (Å²) in [5.41, 5.74) is 0.759. The molecule has 150 valence electrons. The van der Waals surface area contributed by atoms with Gasteiger partial charge in [0.05, 0.1) is 12.0 Å². The molecule has 0 aliphatic heterocycles. The Morgan fingerprint density at radius 3 is 2.59 bits per heavy atom. The summed E-state index contributed by atoms with van der Waals surface area (Å²) >= 11 is 0. The molecular formula is C21H19F2N3O3. The fraction of sp³-hybridized carbons (Fsp3) is 0.190. The molecule has 0 spiro atoms. The average molecular weight is 399 g/mol. The predicted octanol–water partition coefficient (Wildman–Crippen LogP) is 2.77. The van der Waals surface area contributed by atoms with Crippen molar-refractivity contribution in [3.8, 4) is 17.0 Å². The molecule has 0 saturated carbocycles. The summed E-state index contributed by atoms with van der Waals surface area (Å²) in [6.45, 7) is 1.88. The van der Waals surface area contributed by atoms with Crippen LogP contribution in [0.4, 0.5) is 8.78 Å². The molecular weight excluding hydrogens is 380 g/mol. The van der Waals surface area contributed by atoms with E-state index in [2.05, 4.69) is 10.3 Å². The highest BCUT2D eigenvalue weighted by Crippen LogP contribution is 2.17. The fourth-order valence-corrected chi connectivity index (χ4v) is 2.60. The van der Waals surface area contributed by atoms with Gasteiger partial charge in [-0.15, -0.1) is 0 Å². The summed E-state index contributed by atoms with van der Waals surface area (Å²) in [6.07, 6.45) is 0.467. The van der Waals surface area contributed by atoms with Gasteiger partial charge < -0.3 is 10.1 Å². The molecule has 1 amide bonds. The van der Waals surface area contributed by atoms with Crippen LogP contribution >= 0.6 is 0 Å². The molecule has 0 saturated heterocycles. The average Bonchev–Trinajstić information content (AvgIpc) is 2.71.